The molecule has 2 atom stereocenters. The van der Waals surface area contributed by atoms with Crippen LogP contribution in [0.1, 0.15) is 44.0 Å². The van der Waals surface area contributed by atoms with E-state index in [2.05, 4.69) is 56.8 Å². The highest BCUT2D eigenvalue weighted by Gasteiger charge is 2.29. The van der Waals surface area contributed by atoms with Crippen LogP contribution in [0.25, 0.3) is 11.1 Å². The smallest absolute Gasteiger partial charge is 0.178 e. The van der Waals surface area contributed by atoms with Crippen LogP contribution >= 0.6 is 0 Å². The quantitative estimate of drug-likeness (QED) is 0.672. The van der Waals surface area contributed by atoms with Gasteiger partial charge in [-0.05, 0) is 48.6 Å². The summed E-state index contributed by atoms with van der Waals surface area (Å²) in [5.74, 6) is 0.613. The van der Waals surface area contributed by atoms with Crippen molar-refractivity contribution in [1.29, 1.82) is 0 Å². The maximum Gasteiger partial charge on any atom is 0.178 e. The average Bonchev–Trinajstić information content (AvgIpc) is 3.20. The van der Waals surface area contributed by atoms with Crippen molar-refractivity contribution in [2.45, 2.75) is 39.0 Å². The van der Waals surface area contributed by atoms with E-state index in [0.29, 0.717) is 12.2 Å². The minimum atomic E-state index is -0.0996. The number of nitrogens with one attached hydrogen (secondary N) is 1. The molecule has 6 heteroatoms. The zero-order valence-corrected chi connectivity index (χ0v) is 15.1. The molecule has 0 bridgehead atoms. The maximum absolute atomic E-state index is 12.2. The van der Waals surface area contributed by atoms with Crippen LogP contribution in [0.15, 0.2) is 48.8 Å². The summed E-state index contributed by atoms with van der Waals surface area (Å²) in [5.41, 5.74) is 3.43. The fourth-order valence-corrected chi connectivity index (χ4v) is 3.37. The van der Waals surface area contributed by atoms with Gasteiger partial charge in [0.2, 0.25) is 0 Å². The number of tetrazole rings is 1. The maximum atomic E-state index is 12.2. The number of ketones is 1. The molecule has 2 heterocycles. The molecule has 0 fully saturated rings. The Kier molecular flexibility index (Phi) is 5.84. The normalized spacial score (nSPS) is 13.3. The number of H-pyrrole nitrogens is 1. The first kappa shape index (κ1) is 17.9. The molecule has 1 aromatic carbocycles. The molecule has 1 N–H and O–H groups in total. The van der Waals surface area contributed by atoms with Crippen LogP contribution in [-0.4, -0.2) is 31.4 Å². The lowest BCUT2D eigenvalue weighted by Crippen LogP contribution is -2.23. The fraction of sp³-hybridized carbons (Fsp3) is 0.350. The molecule has 26 heavy (non-hydrogen) atoms. The molecular formula is C20H23N5O. The Balaban J connectivity index is 1.84. The van der Waals surface area contributed by atoms with E-state index in [1.807, 2.05) is 12.1 Å². The molecule has 0 amide bonds. The fourth-order valence-electron chi connectivity index (χ4n) is 3.37. The van der Waals surface area contributed by atoms with Crippen LogP contribution in [0, 0.1) is 5.92 Å². The monoisotopic (exact) mass is 349 g/mol. The van der Waals surface area contributed by atoms with Gasteiger partial charge in [0.15, 0.2) is 5.82 Å². The second-order valence-corrected chi connectivity index (χ2v) is 6.52. The molecule has 0 spiro atoms. The SMILES string of the molecule is CCC[C@H](C(C)=O)[C@H](Cc1ccc(-c2ccncc2)cc1)c1nn[nH]n1. The summed E-state index contributed by atoms with van der Waals surface area (Å²) in [6.45, 7) is 3.74. The number of Topliss-reactive ketones (excluding diaryl/α,β-unsaturated/α-hetero) is 1. The lowest BCUT2D eigenvalue weighted by molar-refractivity contribution is -0.121. The first-order valence-electron chi connectivity index (χ1n) is 8.92. The number of pyridine rings is 1. The van der Waals surface area contributed by atoms with Gasteiger partial charge in [-0.2, -0.15) is 5.21 Å². The number of aromatic nitrogens is 5. The largest absolute Gasteiger partial charge is 0.300 e. The molecule has 0 aliphatic rings. The number of carbonyl (C=O) groups excluding carboxylic acids is 1. The van der Waals surface area contributed by atoms with Crippen LogP contribution in [0.2, 0.25) is 0 Å². The van der Waals surface area contributed by atoms with Crippen molar-refractivity contribution >= 4 is 5.78 Å². The van der Waals surface area contributed by atoms with Crippen molar-refractivity contribution < 1.29 is 4.79 Å². The Hall–Kier alpha value is -2.89. The Bertz CT molecular complexity index is 815. The summed E-state index contributed by atoms with van der Waals surface area (Å²) in [5, 5.41) is 14.5. The van der Waals surface area contributed by atoms with Crippen molar-refractivity contribution in [3.8, 4) is 11.1 Å². The van der Waals surface area contributed by atoms with Crippen molar-refractivity contribution in [3.63, 3.8) is 0 Å². The van der Waals surface area contributed by atoms with Gasteiger partial charge in [-0.1, -0.05) is 42.8 Å². The summed E-state index contributed by atoms with van der Waals surface area (Å²) in [7, 11) is 0. The molecule has 0 radical (unpaired) electrons. The first-order valence-corrected chi connectivity index (χ1v) is 8.92. The van der Waals surface area contributed by atoms with E-state index in [-0.39, 0.29) is 17.6 Å². The Labute approximate surface area is 153 Å². The molecule has 3 aromatic rings. The van der Waals surface area contributed by atoms with Gasteiger partial charge in [0.05, 0.1) is 0 Å². The highest BCUT2D eigenvalue weighted by molar-refractivity contribution is 5.79. The zero-order valence-electron chi connectivity index (χ0n) is 15.1. The molecular weight excluding hydrogens is 326 g/mol. The van der Waals surface area contributed by atoms with E-state index in [1.165, 1.54) is 0 Å². The van der Waals surface area contributed by atoms with Crippen molar-refractivity contribution in [2.75, 3.05) is 0 Å². The van der Waals surface area contributed by atoms with Crippen LogP contribution < -0.4 is 0 Å². The summed E-state index contributed by atoms with van der Waals surface area (Å²) in [6, 6.07) is 12.4. The third-order valence-corrected chi connectivity index (χ3v) is 4.72. The minimum absolute atomic E-state index is 0.0713. The Morgan fingerprint density at radius 1 is 1.08 bits per heavy atom. The molecule has 0 aliphatic carbocycles. The highest BCUT2D eigenvalue weighted by Crippen LogP contribution is 2.31. The standard InChI is InChI=1S/C20H23N5O/c1-3-4-18(14(2)26)19(20-22-24-25-23-20)13-15-5-7-16(8-6-15)17-9-11-21-12-10-17/h5-12,18-19H,3-4,13H2,1-2H3,(H,22,23,24,25)/t18-,19+/m1/s1. The summed E-state index contributed by atoms with van der Waals surface area (Å²) in [6.07, 6.45) is 6.05. The second kappa shape index (κ2) is 8.47. The van der Waals surface area contributed by atoms with Gasteiger partial charge in [0.25, 0.3) is 0 Å². The molecule has 2 aromatic heterocycles. The second-order valence-electron chi connectivity index (χ2n) is 6.52. The molecule has 0 saturated carbocycles. The number of rotatable bonds is 8. The highest BCUT2D eigenvalue weighted by atomic mass is 16.1. The van der Waals surface area contributed by atoms with E-state index in [1.54, 1.807) is 19.3 Å². The predicted molar refractivity (Wildman–Crippen MR) is 99.4 cm³/mol. The topological polar surface area (TPSA) is 84.4 Å². The van der Waals surface area contributed by atoms with Crippen molar-refractivity contribution in [2.24, 2.45) is 5.92 Å². The van der Waals surface area contributed by atoms with Crippen LogP contribution in [0.5, 0.6) is 0 Å². The number of carbonyl (C=O) groups is 1. The van der Waals surface area contributed by atoms with E-state index in [9.17, 15) is 4.79 Å². The van der Waals surface area contributed by atoms with Gasteiger partial charge in [-0.3, -0.25) is 9.78 Å². The van der Waals surface area contributed by atoms with Gasteiger partial charge in [0, 0.05) is 24.2 Å². The van der Waals surface area contributed by atoms with Gasteiger partial charge in [-0.25, -0.2) is 0 Å². The minimum Gasteiger partial charge on any atom is -0.300 e. The lowest BCUT2D eigenvalue weighted by atomic mass is 9.81. The third-order valence-electron chi connectivity index (χ3n) is 4.72. The van der Waals surface area contributed by atoms with Crippen molar-refractivity contribution in [3.05, 3.63) is 60.2 Å². The summed E-state index contributed by atoms with van der Waals surface area (Å²) >= 11 is 0. The van der Waals surface area contributed by atoms with E-state index in [4.69, 9.17) is 0 Å². The van der Waals surface area contributed by atoms with E-state index in [0.717, 1.165) is 29.5 Å². The molecule has 6 nitrogen and oxygen atoms in total. The molecule has 3 rings (SSSR count). The van der Waals surface area contributed by atoms with Crippen LogP contribution in [0.4, 0.5) is 0 Å². The summed E-state index contributed by atoms with van der Waals surface area (Å²) in [4.78, 5) is 16.3. The molecule has 0 aliphatic heterocycles. The van der Waals surface area contributed by atoms with Gasteiger partial charge in [-0.15, -0.1) is 10.2 Å². The number of nitrogens with zero attached hydrogens (tertiary/aromatic N) is 4. The van der Waals surface area contributed by atoms with Gasteiger partial charge < -0.3 is 0 Å². The molecule has 0 saturated heterocycles. The van der Waals surface area contributed by atoms with E-state index >= 15 is 0 Å². The Morgan fingerprint density at radius 2 is 1.77 bits per heavy atom. The number of aromatic amines is 1. The predicted octanol–water partition coefficient (Wildman–Crippen LogP) is 3.59. The third kappa shape index (κ3) is 4.20. The Morgan fingerprint density at radius 3 is 2.35 bits per heavy atom. The van der Waals surface area contributed by atoms with E-state index < -0.39 is 0 Å². The molecule has 0 unspecified atom stereocenters. The van der Waals surface area contributed by atoms with Gasteiger partial charge in [0.1, 0.15) is 5.78 Å². The molecule has 134 valence electrons. The lowest BCUT2D eigenvalue weighted by Gasteiger charge is -2.22. The summed E-state index contributed by atoms with van der Waals surface area (Å²) < 4.78 is 0. The zero-order chi connectivity index (χ0) is 18.4. The number of benzene rings is 1. The van der Waals surface area contributed by atoms with Gasteiger partial charge >= 0.3 is 0 Å². The number of hydrogen-bond donors (Lipinski definition) is 1. The average molecular weight is 349 g/mol. The van der Waals surface area contributed by atoms with Crippen LogP contribution in [-0.2, 0) is 11.2 Å². The van der Waals surface area contributed by atoms with Crippen molar-refractivity contribution in [1.82, 2.24) is 25.6 Å². The first-order chi connectivity index (χ1) is 12.7. The number of hydrogen-bond acceptors (Lipinski definition) is 5. The van der Waals surface area contributed by atoms with Crippen LogP contribution in [0.3, 0.4) is 0 Å².